The number of hydrogen-bond donors (Lipinski definition) is 2. The number of rotatable bonds is 10. The number of aryl methyl sites for hydroxylation is 1. The van der Waals surface area contributed by atoms with Crippen molar-refractivity contribution in [1.29, 1.82) is 0 Å². The third-order valence-electron chi connectivity index (χ3n) is 7.65. The van der Waals surface area contributed by atoms with Gasteiger partial charge in [-0.1, -0.05) is 44.2 Å². The molecule has 1 unspecified atom stereocenters. The minimum atomic E-state index is -4.79. The number of nitrogens with zero attached hydrogens (tertiary/aromatic N) is 6. The van der Waals surface area contributed by atoms with Crippen molar-refractivity contribution in [1.82, 2.24) is 29.5 Å². The quantitative estimate of drug-likeness (QED) is 0.112. The van der Waals surface area contributed by atoms with Gasteiger partial charge in [-0.25, -0.2) is 14.5 Å². The van der Waals surface area contributed by atoms with Crippen LogP contribution in [0.25, 0.3) is 22.8 Å². The molecule has 0 saturated heterocycles. The summed E-state index contributed by atoms with van der Waals surface area (Å²) in [5.74, 6) is 0.924. The molecule has 0 aliphatic heterocycles. The SMILES string of the molecule is CCN(C(=O)O)C(NC(=S)/N=c1\scc(C)n1-c1cc(OC)ccc1C(C)C)c1ccc(-c2ncn(-c3ccc(OC(F)(F)F)cc3)n2)cc1. The van der Waals surface area contributed by atoms with Crippen molar-refractivity contribution >= 4 is 34.8 Å². The molecule has 262 valence electrons. The Bertz CT molecular complexity index is 2040. The van der Waals surface area contributed by atoms with Crippen LogP contribution in [0.1, 0.15) is 49.7 Å². The highest BCUT2D eigenvalue weighted by molar-refractivity contribution is 7.80. The Labute approximate surface area is 295 Å². The van der Waals surface area contributed by atoms with E-state index in [1.54, 1.807) is 38.3 Å². The van der Waals surface area contributed by atoms with E-state index in [0.29, 0.717) is 33.2 Å². The third kappa shape index (κ3) is 8.31. The van der Waals surface area contributed by atoms with Gasteiger partial charge in [-0.15, -0.1) is 29.6 Å². The number of thiocarbonyl (C=S) groups is 1. The molecule has 50 heavy (non-hydrogen) atoms. The van der Waals surface area contributed by atoms with Gasteiger partial charge in [-0.3, -0.25) is 9.47 Å². The van der Waals surface area contributed by atoms with E-state index in [0.717, 1.165) is 16.9 Å². The Balaban J connectivity index is 1.41. The molecule has 0 spiro atoms. The molecule has 0 saturated carbocycles. The van der Waals surface area contributed by atoms with Crippen LogP contribution >= 0.6 is 23.6 Å². The number of hydrogen-bond acceptors (Lipinski definition) is 7. The van der Waals surface area contributed by atoms with E-state index in [1.165, 1.54) is 51.5 Å². The Hall–Kier alpha value is -5.22. The largest absolute Gasteiger partial charge is 0.573 e. The fourth-order valence-electron chi connectivity index (χ4n) is 5.24. The molecule has 0 bridgehead atoms. The lowest BCUT2D eigenvalue weighted by Crippen LogP contribution is -2.43. The first-order valence-corrected chi connectivity index (χ1v) is 16.6. The maximum atomic E-state index is 12.5. The summed E-state index contributed by atoms with van der Waals surface area (Å²) in [4.78, 5) is 23.2. The summed E-state index contributed by atoms with van der Waals surface area (Å²) in [5.41, 5.74) is 4.66. The van der Waals surface area contributed by atoms with Crippen LogP contribution in [0.3, 0.4) is 0 Å². The Morgan fingerprint density at radius 1 is 1.10 bits per heavy atom. The van der Waals surface area contributed by atoms with Gasteiger partial charge in [0, 0.05) is 29.2 Å². The predicted molar refractivity (Wildman–Crippen MR) is 187 cm³/mol. The van der Waals surface area contributed by atoms with Crippen molar-refractivity contribution < 1.29 is 32.5 Å². The number of nitrogens with one attached hydrogen (secondary N) is 1. The zero-order valence-electron chi connectivity index (χ0n) is 27.7. The number of aromatic nitrogens is 4. The Morgan fingerprint density at radius 3 is 2.38 bits per heavy atom. The first-order chi connectivity index (χ1) is 23.8. The van der Waals surface area contributed by atoms with Crippen molar-refractivity contribution in [2.75, 3.05) is 13.7 Å². The van der Waals surface area contributed by atoms with Crippen LogP contribution in [0, 0.1) is 6.92 Å². The molecule has 5 rings (SSSR count). The van der Waals surface area contributed by atoms with Crippen LogP contribution in [-0.4, -0.2) is 60.6 Å². The second-order valence-electron chi connectivity index (χ2n) is 11.3. The van der Waals surface area contributed by atoms with Crippen LogP contribution in [0.15, 0.2) is 83.4 Å². The van der Waals surface area contributed by atoms with E-state index >= 15 is 0 Å². The van der Waals surface area contributed by atoms with Crippen LogP contribution in [0.5, 0.6) is 11.5 Å². The minimum absolute atomic E-state index is 0.0930. The monoisotopic (exact) mass is 725 g/mol. The van der Waals surface area contributed by atoms with E-state index < -0.39 is 18.6 Å². The normalized spacial score (nSPS) is 12.5. The van der Waals surface area contributed by atoms with Gasteiger partial charge in [0.05, 0.1) is 18.5 Å². The van der Waals surface area contributed by atoms with Gasteiger partial charge >= 0.3 is 12.5 Å². The van der Waals surface area contributed by atoms with Gasteiger partial charge in [0.25, 0.3) is 0 Å². The van der Waals surface area contributed by atoms with Gasteiger partial charge in [0.1, 0.15) is 24.0 Å². The molecule has 2 N–H and O–H groups in total. The summed E-state index contributed by atoms with van der Waals surface area (Å²) in [6.07, 6.45) is -5.38. The first-order valence-electron chi connectivity index (χ1n) is 15.4. The summed E-state index contributed by atoms with van der Waals surface area (Å²) >= 11 is 7.10. The molecule has 5 aromatic rings. The molecule has 0 radical (unpaired) electrons. The average Bonchev–Trinajstić information content (AvgIpc) is 3.71. The highest BCUT2D eigenvalue weighted by Crippen LogP contribution is 2.29. The van der Waals surface area contributed by atoms with Crippen LogP contribution < -0.4 is 19.6 Å². The summed E-state index contributed by atoms with van der Waals surface area (Å²) in [5, 5.41) is 19.7. The number of carboxylic acid groups (broad SMARTS) is 1. The molecule has 1 atom stereocenters. The van der Waals surface area contributed by atoms with E-state index in [-0.39, 0.29) is 23.3 Å². The van der Waals surface area contributed by atoms with E-state index in [1.807, 2.05) is 35.1 Å². The van der Waals surface area contributed by atoms with Gasteiger partial charge in [0.15, 0.2) is 15.7 Å². The van der Waals surface area contributed by atoms with Crippen molar-refractivity contribution in [2.45, 2.75) is 46.1 Å². The maximum absolute atomic E-state index is 12.5. The summed E-state index contributed by atoms with van der Waals surface area (Å²) < 4.78 is 50.4. The van der Waals surface area contributed by atoms with Gasteiger partial charge < -0.3 is 19.9 Å². The maximum Gasteiger partial charge on any atom is 0.573 e. The summed E-state index contributed by atoms with van der Waals surface area (Å²) in [6.45, 7) is 8.08. The van der Waals surface area contributed by atoms with Gasteiger partial charge in [-0.05, 0) is 73.4 Å². The standard InChI is InChI=1S/C34H34F3N7O4S2/c1-6-42(33(45)46)30(39-31(49)40-32-44(21(4)18-50-32)28-17-26(47-5)15-16-27(28)20(2)3)23-9-7-22(8-10-23)29-38-19-43(41-29)24-11-13-25(14-12-24)48-34(35,36)37/h7-20,30H,6H2,1-5H3,(H,39,49)(H,45,46)/b40-32-. The second kappa shape index (κ2) is 15.1. The van der Waals surface area contributed by atoms with Crippen LogP contribution in [0.2, 0.25) is 0 Å². The molecular weight excluding hydrogens is 692 g/mol. The number of thiazole rings is 1. The molecule has 2 heterocycles. The Morgan fingerprint density at radius 2 is 1.78 bits per heavy atom. The number of halogens is 3. The smallest absolute Gasteiger partial charge is 0.497 e. The fraction of sp³-hybridized carbons (Fsp3) is 0.265. The molecule has 1 amide bonds. The van der Waals surface area contributed by atoms with Crippen molar-refractivity contribution in [3.63, 3.8) is 0 Å². The highest BCUT2D eigenvalue weighted by Gasteiger charge is 2.31. The molecular formula is C34H34F3N7O4S2. The van der Waals surface area contributed by atoms with Crippen molar-refractivity contribution in [3.05, 3.63) is 100 Å². The predicted octanol–water partition coefficient (Wildman–Crippen LogP) is 7.60. The number of ether oxygens (including phenoxy) is 2. The highest BCUT2D eigenvalue weighted by atomic mass is 32.1. The van der Waals surface area contributed by atoms with E-state index in [4.69, 9.17) is 21.9 Å². The zero-order chi connectivity index (χ0) is 36.2. The molecule has 2 aromatic heterocycles. The topological polar surface area (TPSA) is 119 Å². The van der Waals surface area contributed by atoms with E-state index in [2.05, 4.69) is 34.0 Å². The number of carbonyl (C=O) groups is 1. The number of benzene rings is 3. The average molecular weight is 726 g/mol. The Kier molecular flexibility index (Phi) is 10.9. The lowest BCUT2D eigenvalue weighted by Gasteiger charge is -2.29. The second-order valence-corrected chi connectivity index (χ2v) is 12.5. The molecule has 11 nitrogen and oxygen atoms in total. The molecule has 3 aromatic carbocycles. The molecule has 0 aliphatic carbocycles. The number of amides is 1. The van der Waals surface area contributed by atoms with Gasteiger partial charge in [-0.2, -0.15) is 4.99 Å². The summed E-state index contributed by atoms with van der Waals surface area (Å²) in [6, 6.07) is 18.1. The van der Waals surface area contributed by atoms with Crippen molar-refractivity contribution in [2.24, 2.45) is 4.99 Å². The third-order valence-corrected chi connectivity index (χ3v) is 8.80. The number of alkyl halides is 3. The van der Waals surface area contributed by atoms with Crippen LogP contribution in [0.4, 0.5) is 18.0 Å². The lowest BCUT2D eigenvalue weighted by molar-refractivity contribution is -0.274. The first kappa shape index (κ1) is 36.1. The molecule has 0 fully saturated rings. The fourth-order valence-corrected chi connectivity index (χ4v) is 6.37. The molecule has 0 aliphatic rings. The summed E-state index contributed by atoms with van der Waals surface area (Å²) in [7, 11) is 1.62. The van der Waals surface area contributed by atoms with E-state index in [9.17, 15) is 23.1 Å². The van der Waals surface area contributed by atoms with Crippen molar-refractivity contribution in [3.8, 4) is 34.3 Å². The number of methoxy groups -OCH3 is 1. The lowest BCUT2D eigenvalue weighted by atomic mass is 10.0. The molecule has 16 heteroatoms. The zero-order valence-corrected chi connectivity index (χ0v) is 29.3. The van der Waals surface area contributed by atoms with Gasteiger partial charge in [0.2, 0.25) is 0 Å². The van der Waals surface area contributed by atoms with Crippen LogP contribution in [-0.2, 0) is 0 Å². The minimum Gasteiger partial charge on any atom is -0.497 e.